The first kappa shape index (κ1) is 34.8. The molecule has 222 valence electrons. The molecule has 0 amide bonds. The molecule has 0 spiro atoms. The standard InChI is InChI=1S/C36H66O2/c1-8-9-10-23-33-26-35(37)34(36(38)27-33)25-24-32(7)22-14-21-31(6)20-13-19-30(5)18-12-17-29(4)16-11-15-28(2)3/h26-32,37-38H,8-25H2,1-7H3. The van der Waals surface area contributed by atoms with Gasteiger partial charge in [0.2, 0.25) is 0 Å². The minimum Gasteiger partial charge on any atom is -0.508 e. The summed E-state index contributed by atoms with van der Waals surface area (Å²) in [6.07, 6.45) is 22.7. The second-order valence-electron chi connectivity index (χ2n) is 13.6. The summed E-state index contributed by atoms with van der Waals surface area (Å²) < 4.78 is 0. The van der Waals surface area contributed by atoms with Crippen LogP contribution in [0.5, 0.6) is 11.5 Å². The van der Waals surface area contributed by atoms with Crippen LogP contribution in [-0.2, 0) is 12.8 Å². The SMILES string of the molecule is CCCCCc1cc(O)c(CCC(C)CCCC(C)CCCC(C)CCCC(C)CCCC(C)C)c(O)c1. The molecule has 1 aromatic carbocycles. The predicted molar refractivity (Wildman–Crippen MR) is 168 cm³/mol. The van der Waals surface area contributed by atoms with E-state index in [1.807, 2.05) is 12.1 Å². The fourth-order valence-corrected chi connectivity index (χ4v) is 5.96. The minimum absolute atomic E-state index is 0.280. The van der Waals surface area contributed by atoms with Crippen LogP contribution in [-0.4, -0.2) is 10.2 Å². The van der Waals surface area contributed by atoms with Crippen molar-refractivity contribution in [3.05, 3.63) is 23.3 Å². The van der Waals surface area contributed by atoms with E-state index in [1.165, 1.54) is 89.9 Å². The Morgan fingerprint density at radius 1 is 0.500 bits per heavy atom. The van der Waals surface area contributed by atoms with Crippen LogP contribution in [0.2, 0.25) is 0 Å². The van der Waals surface area contributed by atoms with E-state index < -0.39 is 0 Å². The highest BCUT2D eigenvalue weighted by Crippen LogP contribution is 2.32. The Morgan fingerprint density at radius 3 is 1.29 bits per heavy atom. The molecule has 0 aromatic heterocycles. The van der Waals surface area contributed by atoms with Crippen LogP contribution < -0.4 is 0 Å². The van der Waals surface area contributed by atoms with Gasteiger partial charge in [-0.05, 0) is 73.0 Å². The van der Waals surface area contributed by atoms with Gasteiger partial charge in [-0.15, -0.1) is 0 Å². The Bertz CT molecular complexity index is 686. The first-order chi connectivity index (χ1) is 18.1. The van der Waals surface area contributed by atoms with Gasteiger partial charge < -0.3 is 10.2 Å². The Labute approximate surface area is 238 Å². The van der Waals surface area contributed by atoms with Gasteiger partial charge in [0.05, 0.1) is 0 Å². The van der Waals surface area contributed by atoms with E-state index in [2.05, 4.69) is 48.5 Å². The quantitative estimate of drug-likeness (QED) is 0.138. The summed E-state index contributed by atoms with van der Waals surface area (Å²) in [4.78, 5) is 0. The first-order valence-corrected chi connectivity index (χ1v) is 16.7. The third-order valence-corrected chi connectivity index (χ3v) is 8.88. The second-order valence-corrected chi connectivity index (χ2v) is 13.6. The molecule has 1 aromatic rings. The molecule has 0 radical (unpaired) electrons. The molecule has 38 heavy (non-hydrogen) atoms. The van der Waals surface area contributed by atoms with E-state index in [-0.39, 0.29) is 11.5 Å². The Morgan fingerprint density at radius 2 is 0.895 bits per heavy atom. The number of phenolic OH excluding ortho intramolecular Hbond substituents is 2. The van der Waals surface area contributed by atoms with Crippen LogP contribution in [0, 0.1) is 29.6 Å². The first-order valence-electron chi connectivity index (χ1n) is 16.7. The van der Waals surface area contributed by atoms with Crippen molar-refractivity contribution in [3.63, 3.8) is 0 Å². The van der Waals surface area contributed by atoms with Gasteiger partial charge in [0.1, 0.15) is 11.5 Å². The number of hydrogen-bond donors (Lipinski definition) is 2. The summed E-state index contributed by atoms with van der Waals surface area (Å²) in [6.45, 7) is 16.5. The maximum atomic E-state index is 10.5. The van der Waals surface area contributed by atoms with E-state index in [9.17, 15) is 10.2 Å². The van der Waals surface area contributed by atoms with Crippen LogP contribution in [0.3, 0.4) is 0 Å². The lowest BCUT2D eigenvalue weighted by Crippen LogP contribution is -2.03. The Hall–Kier alpha value is -1.18. The average Bonchev–Trinajstić information content (AvgIpc) is 2.83. The molecular weight excluding hydrogens is 464 g/mol. The molecule has 4 unspecified atom stereocenters. The molecule has 0 aliphatic rings. The third-order valence-electron chi connectivity index (χ3n) is 8.88. The summed E-state index contributed by atoms with van der Waals surface area (Å²) in [7, 11) is 0. The van der Waals surface area contributed by atoms with E-state index >= 15 is 0 Å². The molecule has 0 saturated heterocycles. The highest BCUT2D eigenvalue weighted by molar-refractivity contribution is 5.46. The molecule has 2 heteroatoms. The largest absolute Gasteiger partial charge is 0.508 e. The molecule has 0 fully saturated rings. The molecule has 0 bridgehead atoms. The zero-order chi connectivity index (χ0) is 28.3. The summed E-state index contributed by atoms with van der Waals surface area (Å²) in [5, 5.41) is 20.9. The van der Waals surface area contributed by atoms with Gasteiger partial charge in [0.25, 0.3) is 0 Å². The molecule has 1 rings (SSSR count). The number of aryl methyl sites for hydroxylation is 1. The molecule has 0 aliphatic heterocycles. The summed E-state index contributed by atoms with van der Waals surface area (Å²) in [6, 6.07) is 3.74. The lowest BCUT2D eigenvalue weighted by atomic mass is 9.89. The zero-order valence-corrected chi connectivity index (χ0v) is 26.7. The average molecular weight is 531 g/mol. The van der Waals surface area contributed by atoms with E-state index in [1.54, 1.807) is 0 Å². The van der Waals surface area contributed by atoms with Crippen molar-refractivity contribution < 1.29 is 10.2 Å². The van der Waals surface area contributed by atoms with Crippen LogP contribution in [0.15, 0.2) is 12.1 Å². The number of unbranched alkanes of at least 4 members (excludes halogenated alkanes) is 2. The zero-order valence-electron chi connectivity index (χ0n) is 26.7. The number of phenols is 2. The van der Waals surface area contributed by atoms with Gasteiger partial charge in [-0.2, -0.15) is 0 Å². The molecule has 2 N–H and O–H groups in total. The highest BCUT2D eigenvalue weighted by Gasteiger charge is 2.13. The summed E-state index contributed by atoms with van der Waals surface area (Å²) in [5.74, 6) is 4.64. The van der Waals surface area contributed by atoms with Crippen molar-refractivity contribution in [2.24, 2.45) is 29.6 Å². The van der Waals surface area contributed by atoms with E-state index in [0.29, 0.717) is 5.92 Å². The van der Waals surface area contributed by atoms with Gasteiger partial charge in [-0.25, -0.2) is 0 Å². The number of benzene rings is 1. The van der Waals surface area contributed by atoms with E-state index in [4.69, 9.17) is 0 Å². The van der Waals surface area contributed by atoms with Gasteiger partial charge in [0, 0.05) is 5.56 Å². The van der Waals surface area contributed by atoms with E-state index in [0.717, 1.165) is 60.5 Å². The van der Waals surface area contributed by atoms with Crippen LogP contribution in [0.1, 0.15) is 162 Å². The predicted octanol–water partition coefficient (Wildman–Crippen LogP) is 11.6. The molecule has 2 nitrogen and oxygen atoms in total. The molecule has 0 heterocycles. The minimum atomic E-state index is 0.280. The molecule has 0 aliphatic carbocycles. The Balaban J connectivity index is 2.15. The number of hydrogen-bond acceptors (Lipinski definition) is 2. The van der Waals surface area contributed by atoms with Crippen molar-refractivity contribution in [2.45, 2.75) is 164 Å². The lowest BCUT2D eigenvalue weighted by Gasteiger charge is -2.17. The van der Waals surface area contributed by atoms with Gasteiger partial charge in [0.15, 0.2) is 0 Å². The van der Waals surface area contributed by atoms with Crippen molar-refractivity contribution in [1.82, 2.24) is 0 Å². The van der Waals surface area contributed by atoms with Crippen molar-refractivity contribution >= 4 is 0 Å². The van der Waals surface area contributed by atoms with Crippen LogP contribution >= 0.6 is 0 Å². The monoisotopic (exact) mass is 531 g/mol. The topological polar surface area (TPSA) is 40.5 Å². The van der Waals surface area contributed by atoms with Crippen LogP contribution in [0.25, 0.3) is 0 Å². The normalized spacial score (nSPS) is 15.1. The lowest BCUT2D eigenvalue weighted by molar-refractivity contribution is 0.364. The number of rotatable bonds is 23. The molecular formula is C36H66O2. The van der Waals surface area contributed by atoms with Gasteiger partial charge >= 0.3 is 0 Å². The van der Waals surface area contributed by atoms with Crippen molar-refractivity contribution in [1.29, 1.82) is 0 Å². The summed E-state index contributed by atoms with van der Waals surface area (Å²) >= 11 is 0. The van der Waals surface area contributed by atoms with Crippen molar-refractivity contribution in [2.75, 3.05) is 0 Å². The molecule has 0 saturated carbocycles. The van der Waals surface area contributed by atoms with Gasteiger partial charge in [-0.1, -0.05) is 138 Å². The fourth-order valence-electron chi connectivity index (χ4n) is 5.96. The fraction of sp³-hybridized carbons (Fsp3) is 0.833. The van der Waals surface area contributed by atoms with Crippen LogP contribution in [0.4, 0.5) is 0 Å². The van der Waals surface area contributed by atoms with Gasteiger partial charge in [-0.3, -0.25) is 0 Å². The maximum Gasteiger partial charge on any atom is 0.122 e. The smallest absolute Gasteiger partial charge is 0.122 e. The number of aromatic hydroxyl groups is 2. The maximum absolute atomic E-state index is 10.5. The summed E-state index contributed by atoms with van der Waals surface area (Å²) in [5.41, 5.74) is 1.79. The molecule has 4 atom stereocenters. The Kier molecular flexibility index (Phi) is 19.0. The third kappa shape index (κ3) is 16.7. The second kappa shape index (κ2) is 20.7. The highest BCUT2D eigenvalue weighted by atomic mass is 16.3. The van der Waals surface area contributed by atoms with Crippen molar-refractivity contribution in [3.8, 4) is 11.5 Å².